The fraction of sp³-hybridized carbons (Fsp3) is 0. The van der Waals surface area contributed by atoms with Crippen molar-refractivity contribution in [3.63, 3.8) is 0 Å². The molecule has 0 aliphatic heterocycles. The maximum atomic E-state index is 6.27. The number of hydrogen-bond donors (Lipinski definition) is 0. The number of benzene rings is 7. The van der Waals surface area contributed by atoms with Crippen molar-refractivity contribution in [1.82, 2.24) is 19.1 Å². The predicted molar refractivity (Wildman–Crippen MR) is 193 cm³/mol. The maximum absolute atomic E-state index is 6.27. The molecule has 0 N–H and O–H groups in total. The Morgan fingerprint density at radius 2 is 1.04 bits per heavy atom. The van der Waals surface area contributed by atoms with Gasteiger partial charge in [0.1, 0.15) is 11.1 Å². The minimum Gasteiger partial charge on any atom is -0.436 e. The van der Waals surface area contributed by atoms with Crippen molar-refractivity contribution in [2.75, 3.05) is 0 Å². The number of fused-ring (bicyclic) bond motifs is 13. The van der Waals surface area contributed by atoms with E-state index < -0.39 is 0 Å². The van der Waals surface area contributed by atoms with Crippen LogP contribution >= 0.6 is 0 Å². The summed E-state index contributed by atoms with van der Waals surface area (Å²) in [4.78, 5) is 10.1. The number of rotatable bonds is 2. The quantitative estimate of drug-likeness (QED) is 0.198. The van der Waals surface area contributed by atoms with E-state index >= 15 is 0 Å². The Hall–Kier alpha value is -6.46. The molecular formula is C42H24N4O. The van der Waals surface area contributed by atoms with Gasteiger partial charge < -0.3 is 8.98 Å². The molecule has 0 bridgehead atoms. The van der Waals surface area contributed by atoms with Crippen LogP contribution in [0.25, 0.3) is 98.9 Å². The monoisotopic (exact) mass is 600 g/mol. The summed E-state index contributed by atoms with van der Waals surface area (Å²) < 4.78 is 10.8. The molecule has 5 nitrogen and oxygen atoms in total. The Balaban J connectivity index is 1.18. The normalized spacial score (nSPS) is 12.3. The largest absolute Gasteiger partial charge is 0.436 e. The summed E-state index contributed by atoms with van der Waals surface area (Å²) in [6.07, 6.45) is 1.82. The molecule has 4 aromatic heterocycles. The molecule has 0 atom stereocenters. The average molecular weight is 601 g/mol. The summed E-state index contributed by atoms with van der Waals surface area (Å²) in [7, 11) is 0. The van der Waals surface area contributed by atoms with Gasteiger partial charge in [0.15, 0.2) is 5.82 Å². The van der Waals surface area contributed by atoms with Gasteiger partial charge in [-0.2, -0.15) is 0 Å². The molecule has 11 aromatic rings. The number of hydrogen-bond acceptors (Lipinski definition) is 3. The van der Waals surface area contributed by atoms with Gasteiger partial charge in [-0.3, -0.25) is 4.57 Å². The molecule has 0 fully saturated rings. The summed E-state index contributed by atoms with van der Waals surface area (Å²) >= 11 is 0. The second kappa shape index (κ2) is 9.05. The SMILES string of the molecule is c1ccc2c(c1)ccc1c2c2ccccc2n1-c1ccc2oc3ncc(-n4c5ccccc5c5c6ccccc6ccc54)nc3c2c1. The van der Waals surface area contributed by atoms with Gasteiger partial charge in [-0.05, 0) is 64.0 Å². The molecule has 7 aromatic carbocycles. The Labute approximate surface area is 267 Å². The van der Waals surface area contributed by atoms with E-state index in [2.05, 4.69) is 143 Å². The van der Waals surface area contributed by atoms with Crippen LogP contribution in [-0.4, -0.2) is 19.1 Å². The van der Waals surface area contributed by atoms with E-state index in [9.17, 15) is 0 Å². The van der Waals surface area contributed by atoms with Crippen LogP contribution in [0.1, 0.15) is 0 Å². The number of para-hydroxylation sites is 2. The molecule has 0 spiro atoms. The van der Waals surface area contributed by atoms with Gasteiger partial charge in [0.25, 0.3) is 0 Å². The lowest BCUT2D eigenvalue weighted by Crippen LogP contribution is -1.98. The van der Waals surface area contributed by atoms with E-state index in [1.54, 1.807) is 0 Å². The minimum atomic E-state index is 0.528. The highest BCUT2D eigenvalue weighted by molar-refractivity contribution is 6.22. The molecular weight excluding hydrogens is 576 g/mol. The highest BCUT2D eigenvalue weighted by Gasteiger charge is 2.19. The second-order valence-corrected chi connectivity index (χ2v) is 12.2. The zero-order chi connectivity index (χ0) is 30.6. The molecule has 0 radical (unpaired) electrons. The van der Waals surface area contributed by atoms with Crippen LogP contribution < -0.4 is 0 Å². The van der Waals surface area contributed by atoms with Gasteiger partial charge in [0.2, 0.25) is 5.71 Å². The molecule has 5 heteroatoms. The van der Waals surface area contributed by atoms with Crippen LogP contribution in [0.15, 0.2) is 150 Å². The van der Waals surface area contributed by atoms with Crippen molar-refractivity contribution < 1.29 is 4.42 Å². The Morgan fingerprint density at radius 3 is 1.72 bits per heavy atom. The van der Waals surface area contributed by atoms with E-state index in [0.717, 1.165) is 44.5 Å². The highest BCUT2D eigenvalue weighted by Crippen LogP contribution is 2.39. The molecule has 218 valence electrons. The Morgan fingerprint density at radius 1 is 0.468 bits per heavy atom. The smallest absolute Gasteiger partial charge is 0.246 e. The first-order valence-electron chi connectivity index (χ1n) is 15.8. The summed E-state index contributed by atoms with van der Waals surface area (Å²) in [5.74, 6) is 0.760. The number of aromatic nitrogens is 4. The van der Waals surface area contributed by atoms with E-state index in [4.69, 9.17) is 14.4 Å². The van der Waals surface area contributed by atoms with Crippen LogP contribution in [0.2, 0.25) is 0 Å². The molecule has 47 heavy (non-hydrogen) atoms. The minimum absolute atomic E-state index is 0.528. The van der Waals surface area contributed by atoms with Crippen molar-refractivity contribution in [2.45, 2.75) is 0 Å². The summed E-state index contributed by atoms with van der Waals surface area (Å²) in [6, 6.07) is 49.6. The van der Waals surface area contributed by atoms with E-state index in [1.807, 2.05) is 12.3 Å². The third-order valence-electron chi connectivity index (χ3n) is 9.76. The Bertz CT molecular complexity index is 2880. The van der Waals surface area contributed by atoms with Crippen LogP contribution in [-0.2, 0) is 0 Å². The third-order valence-corrected chi connectivity index (χ3v) is 9.76. The average Bonchev–Trinajstić information content (AvgIpc) is 3.79. The topological polar surface area (TPSA) is 48.8 Å². The molecule has 0 saturated heterocycles. The molecule has 0 unspecified atom stereocenters. The second-order valence-electron chi connectivity index (χ2n) is 12.2. The maximum Gasteiger partial charge on any atom is 0.246 e. The lowest BCUT2D eigenvalue weighted by molar-refractivity contribution is 0.652. The summed E-state index contributed by atoms with van der Waals surface area (Å²) in [5.41, 5.74) is 7.62. The zero-order valence-corrected chi connectivity index (χ0v) is 25.1. The first kappa shape index (κ1) is 24.8. The van der Waals surface area contributed by atoms with Crippen molar-refractivity contribution >= 4 is 87.4 Å². The van der Waals surface area contributed by atoms with Crippen molar-refractivity contribution in [2.24, 2.45) is 0 Å². The van der Waals surface area contributed by atoms with Gasteiger partial charge in [0.05, 0.1) is 33.6 Å². The Kier molecular flexibility index (Phi) is 4.78. The first-order chi connectivity index (χ1) is 23.3. The lowest BCUT2D eigenvalue weighted by Gasteiger charge is -2.09. The van der Waals surface area contributed by atoms with Crippen LogP contribution in [0.5, 0.6) is 0 Å². The van der Waals surface area contributed by atoms with E-state index in [0.29, 0.717) is 5.71 Å². The van der Waals surface area contributed by atoms with Crippen molar-refractivity contribution in [3.05, 3.63) is 146 Å². The fourth-order valence-corrected chi connectivity index (χ4v) is 7.77. The third kappa shape index (κ3) is 3.32. The van der Waals surface area contributed by atoms with Crippen LogP contribution in [0.3, 0.4) is 0 Å². The standard InChI is InChI=1S/C42H24N4O/c1-3-11-28-25(9-1)17-20-35-39(28)30-13-5-7-15-33(30)45(35)27-19-22-37-32(23-27)41-42(47-37)43-24-38(44-41)46-34-16-8-6-14-31(34)40-29-12-4-2-10-26(29)18-21-36(40)46/h1-24H. The number of nitrogens with zero attached hydrogens (tertiary/aromatic N) is 4. The predicted octanol–water partition coefficient (Wildman–Crippen LogP) is 10.9. The van der Waals surface area contributed by atoms with E-state index in [1.165, 1.54) is 48.6 Å². The first-order valence-corrected chi connectivity index (χ1v) is 15.8. The highest BCUT2D eigenvalue weighted by atomic mass is 16.3. The zero-order valence-electron chi connectivity index (χ0n) is 25.1. The fourth-order valence-electron chi connectivity index (χ4n) is 7.77. The summed E-state index contributed by atoms with van der Waals surface area (Å²) in [6.45, 7) is 0. The van der Waals surface area contributed by atoms with E-state index in [-0.39, 0.29) is 0 Å². The van der Waals surface area contributed by atoms with Gasteiger partial charge >= 0.3 is 0 Å². The molecule has 0 saturated carbocycles. The van der Waals surface area contributed by atoms with Gasteiger partial charge in [0, 0.05) is 27.2 Å². The van der Waals surface area contributed by atoms with Crippen molar-refractivity contribution in [1.29, 1.82) is 0 Å². The van der Waals surface area contributed by atoms with Gasteiger partial charge in [-0.25, -0.2) is 9.97 Å². The van der Waals surface area contributed by atoms with Gasteiger partial charge in [-0.1, -0.05) is 97.1 Å². The number of furan rings is 1. The van der Waals surface area contributed by atoms with Crippen LogP contribution in [0.4, 0.5) is 0 Å². The van der Waals surface area contributed by atoms with Crippen molar-refractivity contribution in [3.8, 4) is 11.5 Å². The molecule has 11 rings (SSSR count). The summed E-state index contributed by atoms with van der Waals surface area (Å²) in [5, 5.41) is 10.8. The van der Waals surface area contributed by atoms with Crippen LogP contribution in [0, 0.1) is 0 Å². The van der Waals surface area contributed by atoms with Gasteiger partial charge in [-0.15, -0.1) is 0 Å². The molecule has 0 aliphatic rings. The molecule has 0 aliphatic carbocycles. The molecule has 4 heterocycles. The lowest BCUT2D eigenvalue weighted by atomic mass is 10.0. The molecule has 0 amide bonds.